The molecule has 2 N–H and O–H groups in total. The number of hydrogen-bond acceptors (Lipinski definition) is 3. The monoisotopic (exact) mass is 238 g/mol. The minimum absolute atomic E-state index is 0.594. The fourth-order valence-corrected chi connectivity index (χ4v) is 2.69. The zero-order chi connectivity index (χ0) is 12.3. The highest BCUT2D eigenvalue weighted by Gasteiger charge is 2.38. The van der Waals surface area contributed by atoms with E-state index < -0.39 is 11.7 Å². The summed E-state index contributed by atoms with van der Waals surface area (Å²) in [7, 11) is 0. The Morgan fingerprint density at radius 3 is 2.59 bits per heavy atom. The van der Waals surface area contributed by atoms with Crippen molar-refractivity contribution >= 4 is 0 Å². The van der Waals surface area contributed by atoms with Crippen LogP contribution >= 0.6 is 0 Å². The molecule has 4 heteroatoms. The van der Waals surface area contributed by atoms with E-state index in [1.54, 1.807) is 6.20 Å². The Hall–Kier alpha value is -0.870. The normalized spacial score (nSPS) is 22.1. The van der Waals surface area contributed by atoms with E-state index >= 15 is 0 Å². The molecule has 1 unspecified atom stereocenters. The van der Waals surface area contributed by atoms with Crippen molar-refractivity contribution < 1.29 is 10.2 Å². The second-order valence-electron chi connectivity index (χ2n) is 4.99. The molecule has 1 aliphatic rings. The second-order valence-corrected chi connectivity index (χ2v) is 4.99. The van der Waals surface area contributed by atoms with Gasteiger partial charge in [0.2, 0.25) is 0 Å². The molecule has 4 nitrogen and oxygen atoms in total. The van der Waals surface area contributed by atoms with E-state index in [0.29, 0.717) is 18.7 Å². The summed E-state index contributed by atoms with van der Waals surface area (Å²) >= 11 is 0. The third kappa shape index (κ3) is 2.53. The van der Waals surface area contributed by atoms with Crippen LogP contribution in [0.2, 0.25) is 0 Å². The number of aryl methyl sites for hydroxylation is 1. The van der Waals surface area contributed by atoms with Gasteiger partial charge in [0.05, 0.1) is 5.60 Å². The van der Waals surface area contributed by atoms with Gasteiger partial charge in [0.15, 0.2) is 0 Å². The van der Waals surface area contributed by atoms with Crippen molar-refractivity contribution in [3.63, 3.8) is 0 Å². The van der Waals surface area contributed by atoms with Crippen molar-refractivity contribution in [1.82, 2.24) is 9.55 Å². The highest BCUT2D eigenvalue weighted by molar-refractivity contribution is 5.04. The first-order chi connectivity index (χ1) is 8.17. The highest BCUT2D eigenvalue weighted by Crippen LogP contribution is 2.36. The Labute approximate surface area is 102 Å². The van der Waals surface area contributed by atoms with Gasteiger partial charge in [-0.05, 0) is 19.8 Å². The number of aromatic nitrogens is 2. The lowest BCUT2D eigenvalue weighted by molar-refractivity contribution is -0.0916. The zero-order valence-corrected chi connectivity index (χ0v) is 10.5. The lowest BCUT2D eigenvalue weighted by Crippen LogP contribution is -2.37. The van der Waals surface area contributed by atoms with Gasteiger partial charge in [-0.3, -0.25) is 0 Å². The number of rotatable bonds is 3. The third-order valence-corrected chi connectivity index (χ3v) is 3.81. The van der Waals surface area contributed by atoms with E-state index in [4.69, 9.17) is 0 Å². The predicted molar refractivity (Wildman–Crippen MR) is 65.5 cm³/mol. The first-order valence-electron chi connectivity index (χ1n) is 6.59. The van der Waals surface area contributed by atoms with Gasteiger partial charge in [-0.15, -0.1) is 0 Å². The summed E-state index contributed by atoms with van der Waals surface area (Å²) in [6.45, 7) is 2.78. The summed E-state index contributed by atoms with van der Waals surface area (Å²) in [6, 6.07) is 0. The molecule has 1 aliphatic carbocycles. The molecule has 0 spiro atoms. The maximum atomic E-state index is 10.6. The predicted octanol–water partition coefficient (Wildman–Crippen LogP) is 2.02. The first kappa shape index (κ1) is 12.6. The Balaban J connectivity index is 2.20. The third-order valence-electron chi connectivity index (χ3n) is 3.81. The molecule has 0 amide bonds. The standard InChI is InChI=1S/C13H22N2O2/c1-2-15-10-9-14-12(15)11(16)13(17)7-5-3-4-6-8-13/h9-11,16-17H,2-8H2,1H3. The smallest absolute Gasteiger partial charge is 0.140 e. The van der Waals surface area contributed by atoms with Crippen LogP contribution in [0.5, 0.6) is 0 Å². The minimum Gasteiger partial charge on any atom is -0.387 e. The van der Waals surface area contributed by atoms with E-state index in [1.165, 1.54) is 0 Å². The van der Waals surface area contributed by atoms with Crippen molar-refractivity contribution in [1.29, 1.82) is 0 Å². The molecule has 17 heavy (non-hydrogen) atoms. The van der Waals surface area contributed by atoms with Crippen LogP contribution in [-0.4, -0.2) is 25.4 Å². The molecule has 0 aliphatic heterocycles. The zero-order valence-electron chi connectivity index (χ0n) is 10.5. The topological polar surface area (TPSA) is 58.3 Å². The average Bonchev–Trinajstić information content (AvgIpc) is 2.70. The van der Waals surface area contributed by atoms with Crippen LogP contribution in [0.25, 0.3) is 0 Å². The number of aliphatic hydroxyl groups is 2. The number of nitrogens with zero attached hydrogens (tertiary/aromatic N) is 2. The van der Waals surface area contributed by atoms with Crippen LogP contribution in [0, 0.1) is 0 Å². The van der Waals surface area contributed by atoms with Gasteiger partial charge < -0.3 is 14.8 Å². The van der Waals surface area contributed by atoms with Gasteiger partial charge in [-0.25, -0.2) is 4.98 Å². The van der Waals surface area contributed by atoms with E-state index in [9.17, 15) is 10.2 Å². The van der Waals surface area contributed by atoms with Gasteiger partial charge in [-0.1, -0.05) is 25.7 Å². The molecule has 0 bridgehead atoms. The molecule has 2 rings (SSSR count). The summed E-state index contributed by atoms with van der Waals surface area (Å²) in [5, 5.41) is 21.0. The lowest BCUT2D eigenvalue weighted by atomic mass is 9.88. The lowest BCUT2D eigenvalue weighted by Gasteiger charge is -2.31. The summed E-state index contributed by atoms with van der Waals surface area (Å²) in [5.41, 5.74) is -0.991. The Morgan fingerprint density at radius 2 is 2.00 bits per heavy atom. The van der Waals surface area contributed by atoms with Crippen LogP contribution in [0.4, 0.5) is 0 Å². The first-order valence-corrected chi connectivity index (χ1v) is 6.59. The van der Waals surface area contributed by atoms with Gasteiger partial charge in [0.1, 0.15) is 11.9 Å². The van der Waals surface area contributed by atoms with Gasteiger partial charge in [0, 0.05) is 18.9 Å². The fourth-order valence-electron chi connectivity index (χ4n) is 2.69. The molecule has 1 aromatic rings. The molecular weight excluding hydrogens is 216 g/mol. The number of hydrogen-bond donors (Lipinski definition) is 2. The quantitative estimate of drug-likeness (QED) is 0.792. The van der Waals surface area contributed by atoms with Crippen molar-refractivity contribution in [3.05, 3.63) is 18.2 Å². The van der Waals surface area contributed by atoms with Crippen LogP contribution < -0.4 is 0 Å². The Morgan fingerprint density at radius 1 is 1.35 bits per heavy atom. The largest absolute Gasteiger partial charge is 0.387 e. The molecule has 1 saturated carbocycles. The molecule has 1 atom stereocenters. The van der Waals surface area contributed by atoms with Gasteiger partial charge >= 0.3 is 0 Å². The molecule has 96 valence electrons. The summed E-state index contributed by atoms with van der Waals surface area (Å²) < 4.78 is 1.90. The van der Waals surface area contributed by atoms with Crippen molar-refractivity contribution in [2.45, 2.75) is 63.7 Å². The van der Waals surface area contributed by atoms with Crippen molar-refractivity contribution in [2.24, 2.45) is 0 Å². The van der Waals surface area contributed by atoms with E-state index in [0.717, 1.165) is 32.2 Å². The SMILES string of the molecule is CCn1ccnc1C(O)C1(O)CCCCCC1. The van der Waals surface area contributed by atoms with Crippen LogP contribution in [0.1, 0.15) is 57.4 Å². The van der Waals surface area contributed by atoms with Gasteiger partial charge in [-0.2, -0.15) is 0 Å². The maximum Gasteiger partial charge on any atom is 0.140 e. The van der Waals surface area contributed by atoms with Crippen LogP contribution in [0.15, 0.2) is 12.4 Å². The van der Waals surface area contributed by atoms with Crippen LogP contribution in [-0.2, 0) is 6.54 Å². The van der Waals surface area contributed by atoms with E-state index in [2.05, 4.69) is 4.98 Å². The van der Waals surface area contributed by atoms with Crippen LogP contribution in [0.3, 0.4) is 0 Å². The maximum absolute atomic E-state index is 10.6. The fraction of sp³-hybridized carbons (Fsp3) is 0.769. The Kier molecular flexibility index (Phi) is 3.84. The molecule has 1 aromatic heterocycles. The van der Waals surface area contributed by atoms with E-state index in [1.807, 2.05) is 17.7 Å². The van der Waals surface area contributed by atoms with Crippen molar-refractivity contribution in [2.75, 3.05) is 0 Å². The number of aliphatic hydroxyl groups excluding tert-OH is 1. The molecule has 0 radical (unpaired) electrons. The van der Waals surface area contributed by atoms with Gasteiger partial charge in [0.25, 0.3) is 0 Å². The number of imidazole rings is 1. The molecule has 1 fully saturated rings. The molecule has 0 saturated heterocycles. The highest BCUT2D eigenvalue weighted by atomic mass is 16.3. The molecular formula is C13H22N2O2. The second kappa shape index (κ2) is 5.19. The van der Waals surface area contributed by atoms with Crippen molar-refractivity contribution in [3.8, 4) is 0 Å². The summed E-state index contributed by atoms with van der Waals surface area (Å²) in [4.78, 5) is 4.19. The Bertz CT molecular complexity index is 354. The molecule has 0 aromatic carbocycles. The summed E-state index contributed by atoms with van der Waals surface area (Å²) in [5.74, 6) is 0.594. The summed E-state index contributed by atoms with van der Waals surface area (Å²) in [6.07, 6.45) is 8.28. The minimum atomic E-state index is -0.991. The molecule has 1 heterocycles. The average molecular weight is 238 g/mol. The van der Waals surface area contributed by atoms with E-state index in [-0.39, 0.29) is 0 Å².